The van der Waals surface area contributed by atoms with Gasteiger partial charge in [0.2, 0.25) is 0 Å². The van der Waals surface area contributed by atoms with Gasteiger partial charge in [-0.05, 0) is 226 Å². The van der Waals surface area contributed by atoms with Crippen LogP contribution in [0.4, 0.5) is 34.1 Å². The summed E-state index contributed by atoms with van der Waals surface area (Å²) in [5.74, 6) is 0. The molecule has 0 unspecified atom stereocenters. The fourth-order valence-electron chi connectivity index (χ4n) is 17.7. The van der Waals surface area contributed by atoms with Gasteiger partial charge in [0.25, 0.3) is 6.71 Å². The third kappa shape index (κ3) is 11.3. The Hall–Kier alpha value is -11.6. The quantitative estimate of drug-likeness (QED) is 0.149. The molecule has 3 aromatic heterocycles. The van der Waals surface area contributed by atoms with E-state index in [2.05, 4.69) is 415 Å². The molecule has 110 heavy (non-hydrogen) atoms. The van der Waals surface area contributed by atoms with Crippen LogP contribution in [0.5, 0.6) is 0 Å². The van der Waals surface area contributed by atoms with Crippen molar-refractivity contribution in [2.45, 2.75) is 157 Å². The number of benzene rings is 13. The van der Waals surface area contributed by atoms with E-state index in [9.17, 15) is 5.26 Å². The minimum atomic E-state index is -0.363. The topological polar surface area (TPSA) is 45.1 Å². The highest BCUT2D eigenvalue weighted by atomic mass is 15.2. The molecule has 0 amide bonds. The number of fused-ring (bicyclic) bond motifs is 13. The van der Waals surface area contributed by atoms with Crippen LogP contribution in [0.15, 0.2) is 261 Å². The molecule has 6 nitrogen and oxygen atoms in total. The molecule has 0 atom stereocenters. The fourth-order valence-corrected chi connectivity index (χ4v) is 17.7. The summed E-state index contributed by atoms with van der Waals surface area (Å²) in [6, 6.07) is 103. The number of anilines is 6. The van der Waals surface area contributed by atoms with Gasteiger partial charge < -0.3 is 23.5 Å². The van der Waals surface area contributed by atoms with Crippen molar-refractivity contribution in [2.24, 2.45) is 0 Å². The Morgan fingerprint density at radius 3 is 1.02 bits per heavy atom. The fraction of sp³-hybridized carbons (Fsp3) is 0.233. The van der Waals surface area contributed by atoms with Crippen LogP contribution >= 0.6 is 0 Å². The predicted molar refractivity (Wildman–Crippen MR) is 471 cm³/mol. The molecule has 542 valence electrons. The van der Waals surface area contributed by atoms with Crippen molar-refractivity contribution in [2.75, 3.05) is 9.80 Å². The van der Waals surface area contributed by atoms with E-state index in [1.165, 1.54) is 93.2 Å². The zero-order valence-corrected chi connectivity index (χ0v) is 67.1. The minimum Gasteiger partial charge on any atom is -0.311 e. The van der Waals surface area contributed by atoms with Gasteiger partial charge in [-0.25, -0.2) is 0 Å². The number of nitriles is 1. The van der Waals surface area contributed by atoms with E-state index in [4.69, 9.17) is 0 Å². The molecule has 7 heteroatoms. The van der Waals surface area contributed by atoms with Crippen LogP contribution in [0, 0.1) is 11.3 Å². The van der Waals surface area contributed by atoms with Crippen LogP contribution in [0.3, 0.4) is 0 Å². The average molecular weight is 1430 g/mol. The number of para-hydroxylation sites is 2. The SMILES string of the molecule is CC(C)(C)c1ccc(-c2ccc(N3c4cc(-n5c6ccc(C(C)(C)C)cc6c6cc(C(C)(C)C)ccc65)ccc4B4c5ccc(-n6c7ccc(C(C)(C)C)cc7c7cc(C(C)(C)C)ccc76)cc5N(c5cc(-n6c7ccccc7c7ccccc76)ccc5C#N)c5cc(C(C)(C)C)cc3c54)c(-c3ccccc3)c2)cc1. The van der Waals surface area contributed by atoms with Gasteiger partial charge in [0, 0.05) is 77.7 Å². The average Bonchev–Trinajstić information content (AvgIpc) is 0.829. The summed E-state index contributed by atoms with van der Waals surface area (Å²) in [5, 5.41) is 19.3. The summed E-state index contributed by atoms with van der Waals surface area (Å²) in [5.41, 5.74) is 31.7. The lowest BCUT2D eigenvalue weighted by atomic mass is 9.33. The molecular weight excluding hydrogens is 1330 g/mol. The zero-order valence-electron chi connectivity index (χ0n) is 67.1. The molecule has 2 aliphatic rings. The summed E-state index contributed by atoms with van der Waals surface area (Å²) in [4.78, 5) is 5.13. The van der Waals surface area contributed by atoms with E-state index in [0.29, 0.717) is 5.56 Å². The molecule has 0 N–H and O–H groups in total. The van der Waals surface area contributed by atoms with Crippen molar-refractivity contribution in [3.05, 3.63) is 300 Å². The van der Waals surface area contributed by atoms with Gasteiger partial charge in [-0.1, -0.05) is 258 Å². The summed E-state index contributed by atoms with van der Waals surface area (Å²) < 4.78 is 7.43. The van der Waals surface area contributed by atoms with Crippen LogP contribution in [0.25, 0.3) is 105 Å². The lowest BCUT2D eigenvalue weighted by Gasteiger charge is -2.45. The molecule has 13 aromatic carbocycles. The monoisotopic (exact) mass is 1430 g/mol. The minimum absolute atomic E-state index is 0.00419. The second-order valence-corrected chi connectivity index (χ2v) is 37.5. The highest BCUT2D eigenvalue weighted by Crippen LogP contribution is 2.52. The Labute approximate surface area is 649 Å². The summed E-state index contributed by atoms with van der Waals surface area (Å²) in [6.07, 6.45) is 0. The third-order valence-corrected chi connectivity index (χ3v) is 24.0. The van der Waals surface area contributed by atoms with Crippen LogP contribution < -0.4 is 26.2 Å². The van der Waals surface area contributed by atoms with E-state index in [0.717, 1.165) is 95.4 Å². The van der Waals surface area contributed by atoms with Crippen LogP contribution in [-0.4, -0.2) is 20.4 Å². The first kappa shape index (κ1) is 70.1. The summed E-state index contributed by atoms with van der Waals surface area (Å²) in [6.45, 7) is 41.5. The predicted octanol–water partition coefficient (Wildman–Crippen LogP) is 26.1. The van der Waals surface area contributed by atoms with Crippen molar-refractivity contribution in [1.29, 1.82) is 5.26 Å². The third-order valence-electron chi connectivity index (χ3n) is 24.0. The van der Waals surface area contributed by atoms with Gasteiger partial charge >= 0.3 is 0 Å². The Morgan fingerprint density at radius 2 is 0.609 bits per heavy atom. The molecule has 2 aliphatic heterocycles. The second-order valence-electron chi connectivity index (χ2n) is 37.5. The highest BCUT2D eigenvalue weighted by Gasteiger charge is 2.46. The number of aromatic nitrogens is 3. The number of rotatable bonds is 7. The molecule has 0 saturated carbocycles. The maximum atomic E-state index is 12.0. The van der Waals surface area contributed by atoms with Crippen LogP contribution in [0.2, 0.25) is 0 Å². The molecule has 0 saturated heterocycles. The van der Waals surface area contributed by atoms with Crippen molar-refractivity contribution in [3.8, 4) is 45.4 Å². The maximum absolute atomic E-state index is 12.0. The van der Waals surface area contributed by atoms with Gasteiger partial charge in [0.15, 0.2) is 0 Å². The number of nitrogens with zero attached hydrogens (tertiary/aromatic N) is 6. The zero-order chi connectivity index (χ0) is 76.8. The molecule has 5 heterocycles. The molecule has 0 spiro atoms. The molecule has 16 aromatic rings. The Morgan fingerprint density at radius 1 is 0.255 bits per heavy atom. The Bertz CT molecular complexity index is 6340. The smallest absolute Gasteiger partial charge is 0.252 e. The largest absolute Gasteiger partial charge is 0.311 e. The Kier molecular flexibility index (Phi) is 15.8. The standard InChI is InChI=1S/C103H97BN6/c1-98(2,3)67-36-32-63(33-37-67)65-35-47-87(78(52-65)64-26-20-19-21-27-64)109-93-60-74(107-88-48-38-68(99(4,5)6)53-79(88)80-54-69(100(7,8)9)39-49-89(80)107)43-45-83(93)104-84-46-44-75(108-90-50-40-70(101(10,11)12)55-81(90)82-56-71(102(13,14)15)41-51-91(82)108)61-94(84)110(96-58-72(103(16,17)18)57-95(109)97(96)104)92-59-73(42-34-66(92)62-105)106-85-30-24-22-28-76(85)77-29-23-25-31-86(77)106/h19-61H,1-18H3. The second kappa shape index (κ2) is 24.7. The lowest BCUT2D eigenvalue weighted by molar-refractivity contribution is 0.590. The maximum Gasteiger partial charge on any atom is 0.252 e. The summed E-state index contributed by atoms with van der Waals surface area (Å²) in [7, 11) is 0. The van der Waals surface area contributed by atoms with Crippen LogP contribution in [0.1, 0.15) is 164 Å². The van der Waals surface area contributed by atoms with Crippen molar-refractivity contribution < 1.29 is 0 Å². The molecule has 18 rings (SSSR count). The normalized spacial score (nSPS) is 13.5. The van der Waals surface area contributed by atoms with Gasteiger partial charge in [0.05, 0.1) is 50.0 Å². The van der Waals surface area contributed by atoms with Gasteiger partial charge in [-0.15, -0.1) is 0 Å². The molecular formula is C103H97BN6. The Balaban J connectivity index is 0.971. The summed E-state index contributed by atoms with van der Waals surface area (Å²) >= 11 is 0. The molecule has 0 aliphatic carbocycles. The van der Waals surface area contributed by atoms with E-state index in [-0.39, 0.29) is 39.2 Å². The van der Waals surface area contributed by atoms with E-state index >= 15 is 0 Å². The van der Waals surface area contributed by atoms with Gasteiger partial charge in [-0.3, -0.25) is 0 Å². The van der Waals surface area contributed by atoms with E-state index in [1.807, 2.05) is 0 Å². The van der Waals surface area contributed by atoms with E-state index < -0.39 is 0 Å². The first-order valence-electron chi connectivity index (χ1n) is 39.4. The first-order valence-corrected chi connectivity index (χ1v) is 39.4. The van der Waals surface area contributed by atoms with Crippen molar-refractivity contribution >= 4 is 123 Å². The van der Waals surface area contributed by atoms with Crippen LogP contribution in [-0.2, 0) is 32.5 Å². The van der Waals surface area contributed by atoms with Crippen molar-refractivity contribution in [3.63, 3.8) is 0 Å². The molecule has 0 radical (unpaired) electrons. The molecule has 0 bridgehead atoms. The van der Waals surface area contributed by atoms with Gasteiger partial charge in [0.1, 0.15) is 6.07 Å². The highest BCUT2D eigenvalue weighted by molar-refractivity contribution is 7.00. The first-order chi connectivity index (χ1) is 52.3. The van der Waals surface area contributed by atoms with Gasteiger partial charge in [-0.2, -0.15) is 5.26 Å². The van der Waals surface area contributed by atoms with Crippen molar-refractivity contribution in [1.82, 2.24) is 13.7 Å². The molecule has 0 fully saturated rings. The number of hydrogen-bond acceptors (Lipinski definition) is 3. The number of hydrogen-bond donors (Lipinski definition) is 0. The van der Waals surface area contributed by atoms with E-state index in [1.54, 1.807) is 0 Å². The lowest BCUT2D eigenvalue weighted by Crippen LogP contribution is -2.61.